The van der Waals surface area contributed by atoms with E-state index in [2.05, 4.69) is 33.2 Å². The maximum atomic E-state index is 12.4. The van der Waals surface area contributed by atoms with Crippen LogP contribution in [0.3, 0.4) is 0 Å². The van der Waals surface area contributed by atoms with Crippen molar-refractivity contribution in [2.75, 3.05) is 12.4 Å². The summed E-state index contributed by atoms with van der Waals surface area (Å²) in [5.74, 6) is -0.788. The van der Waals surface area contributed by atoms with Crippen molar-refractivity contribution >= 4 is 40.2 Å². The lowest BCUT2D eigenvalue weighted by atomic mass is 10.1. The van der Waals surface area contributed by atoms with Gasteiger partial charge in [0.25, 0.3) is 5.91 Å². The molecule has 0 fully saturated rings. The summed E-state index contributed by atoms with van der Waals surface area (Å²) in [6, 6.07) is 14.1. The predicted octanol–water partition coefficient (Wildman–Crippen LogP) is 3.19. The van der Waals surface area contributed by atoms with Crippen LogP contribution < -0.4 is 10.6 Å². The number of hydrogen-bond acceptors (Lipinski definition) is 4. The molecule has 1 atom stereocenters. The Balaban J connectivity index is 1.94. The van der Waals surface area contributed by atoms with Crippen LogP contribution in [0.15, 0.2) is 48.5 Å². The lowest BCUT2D eigenvalue weighted by molar-refractivity contribution is -0.146. The highest BCUT2D eigenvalue weighted by molar-refractivity contribution is 14.1. The summed E-state index contributed by atoms with van der Waals surface area (Å²) in [5.41, 5.74) is 2.10. The van der Waals surface area contributed by atoms with E-state index in [1.807, 2.05) is 42.5 Å². The van der Waals surface area contributed by atoms with Crippen molar-refractivity contribution in [3.8, 4) is 0 Å². The van der Waals surface area contributed by atoms with Gasteiger partial charge in [0.15, 0.2) is 0 Å². The van der Waals surface area contributed by atoms with Crippen LogP contribution >= 0.6 is 22.6 Å². The summed E-state index contributed by atoms with van der Waals surface area (Å²) >= 11 is 2.18. The molecule has 0 aromatic heterocycles. The van der Waals surface area contributed by atoms with E-state index in [1.54, 1.807) is 20.0 Å². The van der Waals surface area contributed by atoms with E-state index in [-0.39, 0.29) is 12.5 Å². The van der Waals surface area contributed by atoms with Gasteiger partial charge in [-0.05, 0) is 53.3 Å². The molecule has 2 aromatic carbocycles. The zero-order chi connectivity index (χ0) is 17.5. The number of esters is 1. The summed E-state index contributed by atoms with van der Waals surface area (Å²) < 4.78 is 6.25. The molecule has 0 saturated carbocycles. The van der Waals surface area contributed by atoms with Gasteiger partial charge in [0.1, 0.15) is 12.6 Å². The monoisotopic (exact) mass is 438 g/mol. The Bertz CT molecular complexity index is 719. The summed E-state index contributed by atoms with van der Waals surface area (Å²) in [4.78, 5) is 24.4. The van der Waals surface area contributed by atoms with Gasteiger partial charge >= 0.3 is 5.97 Å². The third-order valence-corrected chi connectivity index (χ3v) is 4.09. The van der Waals surface area contributed by atoms with Crippen LogP contribution in [0.25, 0.3) is 0 Å². The first-order valence-corrected chi connectivity index (χ1v) is 8.58. The predicted molar refractivity (Wildman–Crippen MR) is 102 cm³/mol. The number of rotatable bonds is 6. The molecular formula is C18H19IN2O3. The van der Waals surface area contributed by atoms with Crippen molar-refractivity contribution < 1.29 is 14.3 Å². The molecule has 6 heteroatoms. The minimum absolute atomic E-state index is 0.186. The third kappa shape index (κ3) is 4.95. The summed E-state index contributed by atoms with van der Waals surface area (Å²) in [7, 11) is 1.75. The van der Waals surface area contributed by atoms with Crippen LogP contribution in [-0.4, -0.2) is 25.0 Å². The van der Waals surface area contributed by atoms with Crippen molar-refractivity contribution in [3.63, 3.8) is 0 Å². The van der Waals surface area contributed by atoms with Crippen molar-refractivity contribution in [2.45, 2.75) is 19.6 Å². The molecule has 1 amide bonds. The van der Waals surface area contributed by atoms with E-state index in [9.17, 15) is 9.59 Å². The minimum Gasteiger partial charge on any atom is -0.459 e. The average molecular weight is 438 g/mol. The third-order valence-electron chi connectivity index (χ3n) is 3.42. The molecule has 2 N–H and O–H groups in total. The quantitative estimate of drug-likeness (QED) is 0.537. The van der Waals surface area contributed by atoms with Gasteiger partial charge in [-0.15, -0.1) is 0 Å². The number of ether oxygens (including phenoxy) is 1. The van der Waals surface area contributed by atoms with Crippen LogP contribution in [0.4, 0.5) is 5.69 Å². The number of nitrogens with one attached hydrogen (secondary N) is 2. The van der Waals surface area contributed by atoms with E-state index in [4.69, 9.17) is 4.74 Å². The Morgan fingerprint density at radius 3 is 2.54 bits per heavy atom. The van der Waals surface area contributed by atoms with Crippen molar-refractivity contribution in [1.82, 2.24) is 5.32 Å². The standard InChI is InChI=1S/C18H19IN2O3/c1-12(18(23)24-11-13-6-4-3-5-7-13)21-17(22)15-9-8-14(19)10-16(15)20-2/h3-10,12,20H,11H2,1-2H3,(H,21,22)/t12-/m0/s1. The first-order valence-electron chi connectivity index (χ1n) is 7.50. The Labute approximate surface area is 154 Å². The molecule has 0 aliphatic carbocycles. The van der Waals surface area contributed by atoms with Crippen LogP contribution in [0.1, 0.15) is 22.8 Å². The Hall–Kier alpha value is -2.09. The molecule has 0 radical (unpaired) electrons. The van der Waals surface area contributed by atoms with Crippen LogP contribution in [0.2, 0.25) is 0 Å². The van der Waals surface area contributed by atoms with Crippen LogP contribution in [-0.2, 0) is 16.1 Å². The highest BCUT2D eigenvalue weighted by Gasteiger charge is 2.19. The topological polar surface area (TPSA) is 67.4 Å². The second-order valence-corrected chi connectivity index (χ2v) is 6.47. The summed E-state index contributed by atoms with van der Waals surface area (Å²) in [6.45, 7) is 1.79. The lowest BCUT2D eigenvalue weighted by Crippen LogP contribution is -2.39. The Kier molecular flexibility index (Phi) is 6.60. The van der Waals surface area contributed by atoms with Crippen molar-refractivity contribution in [2.24, 2.45) is 0 Å². The second-order valence-electron chi connectivity index (χ2n) is 5.23. The van der Waals surface area contributed by atoms with Gasteiger partial charge in [-0.2, -0.15) is 0 Å². The van der Waals surface area contributed by atoms with Gasteiger partial charge in [0.05, 0.1) is 5.56 Å². The van der Waals surface area contributed by atoms with Gasteiger partial charge in [0.2, 0.25) is 0 Å². The maximum absolute atomic E-state index is 12.4. The van der Waals surface area contributed by atoms with Gasteiger partial charge < -0.3 is 15.4 Å². The van der Waals surface area contributed by atoms with Crippen LogP contribution in [0, 0.1) is 3.57 Å². The fourth-order valence-corrected chi connectivity index (χ4v) is 2.60. The Morgan fingerprint density at radius 2 is 1.88 bits per heavy atom. The van der Waals surface area contributed by atoms with E-state index < -0.39 is 12.0 Å². The van der Waals surface area contributed by atoms with E-state index in [1.165, 1.54) is 0 Å². The highest BCUT2D eigenvalue weighted by atomic mass is 127. The maximum Gasteiger partial charge on any atom is 0.328 e. The molecule has 0 saturated heterocycles. The van der Waals surface area contributed by atoms with E-state index >= 15 is 0 Å². The highest BCUT2D eigenvalue weighted by Crippen LogP contribution is 2.18. The number of halogens is 1. The first kappa shape index (κ1) is 18.3. The summed E-state index contributed by atoms with van der Waals surface area (Å²) in [6.07, 6.45) is 0. The normalized spacial score (nSPS) is 11.5. The first-order chi connectivity index (χ1) is 11.5. The van der Waals surface area contributed by atoms with E-state index in [0.29, 0.717) is 11.3 Å². The van der Waals surface area contributed by atoms with Gasteiger partial charge in [-0.3, -0.25) is 4.79 Å². The van der Waals surface area contributed by atoms with Gasteiger partial charge in [0, 0.05) is 16.3 Å². The molecular weight excluding hydrogens is 419 g/mol. The molecule has 2 aromatic rings. The Morgan fingerprint density at radius 1 is 1.17 bits per heavy atom. The molecule has 126 valence electrons. The number of anilines is 1. The fourth-order valence-electron chi connectivity index (χ4n) is 2.11. The molecule has 0 aliphatic heterocycles. The number of carbonyl (C=O) groups excluding carboxylic acids is 2. The van der Waals surface area contributed by atoms with Crippen LogP contribution in [0.5, 0.6) is 0 Å². The molecule has 0 aliphatic rings. The van der Waals surface area contributed by atoms with Gasteiger partial charge in [-0.1, -0.05) is 30.3 Å². The van der Waals surface area contributed by atoms with Gasteiger partial charge in [-0.25, -0.2) is 4.79 Å². The zero-order valence-electron chi connectivity index (χ0n) is 13.5. The molecule has 24 heavy (non-hydrogen) atoms. The molecule has 2 rings (SSSR count). The molecule has 0 spiro atoms. The number of benzene rings is 2. The fraction of sp³-hybridized carbons (Fsp3) is 0.222. The van der Waals surface area contributed by atoms with Crippen molar-refractivity contribution in [1.29, 1.82) is 0 Å². The molecule has 0 unspecified atom stereocenters. The molecule has 0 heterocycles. The summed E-state index contributed by atoms with van der Waals surface area (Å²) in [5, 5.41) is 5.66. The zero-order valence-corrected chi connectivity index (χ0v) is 15.7. The minimum atomic E-state index is -0.731. The number of carbonyl (C=O) groups is 2. The molecule has 0 bridgehead atoms. The van der Waals surface area contributed by atoms with E-state index in [0.717, 1.165) is 9.13 Å². The number of amides is 1. The lowest BCUT2D eigenvalue weighted by Gasteiger charge is -2.15. The number of hydrogen-bond donors (Lipinski definition) is 2. The van der Waals surface area contributed by atoms with Crippen molar-refractivity contribution in [3.05, 3.63) is 63.2 Å². The average Bonchev–Trinajstić information content (AvgIpc) is 2.60. The second kappa shape index (κ2) is 8.68. The largest absolute Gasteiger partial charge is 0.459 e. The SMILES string of the molecule is CNc1cc(I)ccc1C(=O)N[C@@H](C)C(=O)OCc1ccccc1. The molecule has 5 nitrogen and oxygen atoms in total. The smallest absolute Gasteiger partial charge is 0.328 e.